The third-order valence-corrected chi connectivity index (χ3v) is 8.19. The smallest absolute Gasteiger partial charge is 0.214 e. The molecule has 0 unspecified atom stereocenters. The van der Waals surface area contributed by atoms with Gasteiger partial charge in [-0.2, -0.15) is 4.31 Å². The van der Waals surface area contributed by atoms with Gasteiger partial charge in [0.05, 0.1) is 5.75 Å². The van der Waals surface area contributed by atoms with E-state index in [2.05, 4.69) is 30.0 Å². The Labute approximate surface area is 158 Å². The molecule has 0 spiro atoms. The quantitative estimate of drug-likeness (QED) is 0.786. The zero-order chi connectivity index (χ0) is 16.9. The van der Waals surface area contributed by atoms with Crippen molar-refractivity contribution in [3.8, 4) is 0 Å². The Balaban J connectivity index is 0.00000182. The fourth-order valence-electron chi connectivity index (χ4n) is 5.05. The largest absolute Gasteiger partial charge is 0.296 e. The summed E-state index contributed by atoms with van der Waals surface area (Å²) in [5, 5.41) is 0. The summed E-state index contributed by atoms with van der Waals surface area (Å²) in [7, 11) is -3.10. The lowest BCUT2D eigenvalue weighted by Gasteiger charge is -2.51. The van der Waals surface area contributed by atoms with E-state index in [1.807, 2.05) is 4.31 Å². The average Bonchev–Trinajstić information content (AvgIpc) is 2.59. The van der Waals surface area contributed by atoms with Gasteiger partial charge >= 0.3 is 0 Å². The highest BCUT2D eigenvalue weighted by Crippen LogP contribution is 2.43. The molecule has 0 amide bonds. The summed E-state index contributed by atoms with van der Waals surface area (Å²) in [6, 6.07) is 7.39. The highest BCUT2D eigenvalue weighted by Gasteiger charge is 2.45. The molecule has 3 aliphatic rings. The molecule has 3 aliphatic heterocycles. The van der Waals surface area contributed by atoms with Crippen LogP contribution in [0.3, 0.4) is 0 Å². The summed E-state index contributed by atoms with van der Waals surface area (Å²) in [6.07, 6.45) is 4.26. The summed E-state index contributed by atoms with van der Waals surface area (Å²) in [4.78, 5) is 2.61. The SMILES string of the molecule is CCS(=O)(=O)N1CCC[C@@H]2CN3CCc4cc(C)ccc4[C@H]3C[C@@H]21.Cl. The van der Waals surface area contributed by atoms with Gasteiger partial charge in [0.2, 0.25) is 10.0 Å². The molecule has 3 heterocycles. The molecule has 2 fully saturated rings. The van der Waals surface area contributed by atoms with Gasteiger partial charge in [0, 0.05) is 31.7 Å². The molecule has 1 aromatic carbocycles. The predicted octanol–water partition coefficient (Wildman–Crippen LogP) is 3.15. The van der Waals surface area contributed by atoms with Gasteiger partial charge in [-0.15, -0.1) is 12.4 Å². The first-order valence-corrected chi connectivity index (χ1v) is 10.9. The monoisotopic (exact) mass is 384 g/mol. The van der Waals surface area contributed by atoms with Crippen LogP contribution in [0.15, 0.2) is 18.2 Å². The van der Waals surface area contributed by atoms with Crippen LogP contribution in [0.25, 0.3) is 0 Å². The first-order chi connectivity index (χ1) is 11.5. The van der Waals surface area contributed by atoms with Gasteiger partial charge < -0.3 is 0 Å². The number of fused-ring (bicyclic) bond motifs is 4. The molecular formula is C19H29ClN2O2S. The number of aryl methyl sites for hydroxylation is 1. The van der Waals surface area contributed by atoms with Gasteiger partial charge in [-0.1, -0.05) is 23.8 Å². The maximum atomic E-state index is 12.6. The van der Waals surface area contributed by atoms with Crippen LogP contribution in [-0.2, 0) is 16.4 Å². The van der Waals surface area contributed by atoms with E-state index in [1.54, 1.807) is 6.92 Å². The van der Waals surface area contributed by atoms with Crippen LogP contribution in [-0.4, -0.2) is 49.1 Å². The number of halogens is 1. The Hall–Kier alpha value is -0.620. The van der Waals surface area contributed by atoms with E-state index in [1.165, 1.54) is 23.1 Å². The maximum absolute atomic E-state index is 12.6. The Morgan fingerprint density at radius 1 is 1.24 bits per heavy atom. The summed E-state index contributed by atoms with van der Waals surface area (Å²) < 4.78 is 27.0. The molecule has 25 heavy (non-hydrogen) atoms. The number of piperidine rings is 2. The molecule has 1 aromatic rings. The third kappa shape index (κ3) is 3.36. The van der Waals surface area contributed by atoms with E-state index >= 15 is 0 Å². The zero-order valence-electron chi connectivity index (χ0n) is 15.1. The van der Waals surface area contributed by atoms with Gasteiger partial charge in [-0.05, 0) is 56.6 Å². The Morgan fingerprint density at radius 2 is 2.04 bits per heavy atom. The van der Waals surface area contributed by atoms with Crippen LogP contribution < -0.4 is 0 Å². The second-order valence-electron chi connectivity index (χ2n) is 7.68. The third-order valence-electron chi connectivity index (χ3n) is 6.29. The number of nitrogens with zero attached hydrogens (tertiary/aromatic N) is 2. The molecule has 4 nitrogen and oxygen atoms in total. The molecule has 0 saturated carbocycles. The lowest BCUT2D eigenvalue weighted by atomic mass is 9.77. The van der Waals surface area contributed by atoms with E-state index in [9.17, 15) is 8.42 Å². The molecule has 0 radical (unpaired) electrons. The zero-order valence-corrected chi connectivity index (χ0v) is 16.8. The van der Waals surface area contributed by atoms with Gasteiger partial charge in [0.1, 0.15) is 0 Å². The van der Waals surface area contributed by atoms with Crippen molar-refractivity contribution >= 4 is 22.4 Å². The summed E-state index contributed by atoms with van der Waals surface area (Å²) in [5.74, 6) is 0.726. The average molecular weight is 385 g/mol. The lowest BCUT2D eigenvalue weighted by Crippen LogP contribution is -2.57. The standard InChI is InChI=1S/C19H28N2O2S.ClH/c1-3-24(22,23)21-9-4-5-16-13-20-10-8-15-11-14(2)6-7-17(15)19(20)12-18(16)21;/h6-7,11,16,18-19H,3-5,8-10,12-13H2,1-2H3;1H/t16-,18+,19-;/m1./s1. The van der Waals surface area contributed by atoms with Crippen LogP contribution in [0, 0.1) is 12.8 Å². The van der Waals surface area contributed by atoms with E-state index < -0.39 is 10.0 Å². The molecule has 4 rings (SSSR count). The summed E-state index contributed by atoms with van der Waals surface area (Å²) >= 11 is 0. The molecule has 2 saturated heterocycles. The van der Waals surface area contributed by atoms with Crippen LogP contribution >= 0.6 is 12.4 Å². The van der Waals surface area contributed by atoms with Crippen molar-refractivity contribution in [2.75, 3.05) is 25.4 Å². The minimum atomic E-state index is -3.10. The normalized spacial score (nSPS) is 29.9. The number of hydrogen-bond donors (Lipinski definition) is 0. The number of rotatable bonds is 2. The minimum Gasteiger partial charge on any atom is -0.296 e. The van der Waals surface area contributed by atoms with Crippen LogP contribution in [0.5, 0.6) is 0 Å². The van der Waals surface area contributed by atoms with E-state index in [0.29, 0.717) is 18.5 Å². The van der Waals surface area contributed by atoms with Crippen molar-refractivity contribution in [1.82, 2.24) is 9.21 Å². The van der Waals surface area contributed by atoms with Gasteiger partial charge in [-0.25, -0.2) is 8.42 Å². The Bertz CT molecular complexity index is 737. The topological polar surface area (TPSA) is 40.6 Å². The molecule has 6 heteroatoms. The van der Waals surface area contributed by atoms with Crippen molar-refractivity contribution < 1.29 is 8.42 Å². The van der Waals surface area contributed by atoms with Crippen molar-refractivity contribution in [3.63, 3.8) is 0 Å². The molecule has 140 valence electrons. The van der Waals surface area contributed by atoms with Gasteiger partial charge in [0.25, 0.3) is 0 Å². The first-order valence-electron chi connectivity index (χ1n) is 9.32. The van der Waals surface area contributed by atoms with Crippen LogP contribution in [0.2, 0.25) is 0 Å². The maximum Gasteiger partial charge on any atom is 0.214 e. The fraction of sp³-hybridized carbons (Fsp3) is 0.684. The second kappa shape index (κ2) is 7.18. The van der Waals surface area contributed by atoms with E-state index in [4.69, 9.17) is 0 Å². The van der Waals surface area contributed by atoms with E-state index in [-0.39, 0.29) is 24.2 Å². The highest BCUT2D eigenvalue weighted by atomic mass is 35.5. The minimum absolute atomic E-state index is 0. The number of sulfonamides is 1. The molecular weight excluding hydrogens is 356 g/mol. The lowest BCUT2D eigenvalue weighted by molar-refractivity contribution is 0.0220. The Kier molecular flexibility index (Phi) is 5.50. The van der Waals surface area contributed by atoms with Crippen molar-refractivity contribution in [1.29, 1.82) is 0 Å². The summed E-state index contributed by atoms with van der Waals surface area (Å²) in [6.45, 7) is 6.81. The van der Waals surface area contributed by atoms with Crippen molar-refractivity contribution in [3.05, 3.63) is 34.9 Å². The fourth-order valence-corrected chi connectivity index (χ4v) is 6.46. The van der Waals surface area contributed by atoms with Gasteiger partial charge in [0.15, 0.2) is 0 Å². The molecule has 0 N–H and O–H groups in total. The summed E-state index contributed by atoms with van der Waals surface area (Å²) in [5.41, 5.74) is 4.23. The van der Waals surface area contributed by atoms with E-state index in [0.717, 1.165) is 32.4 Å². The number of hydrogen-bond acceptors (Lipinski definition) is 3. The van der Waals surface area contributed by atoms with Crippen molar-refractivity contribution in [2.45, 2.75) is 51.6 Å². The Morgan fingerprint density at radius 3 is 2.80 bits per heavy atom. The van der Waals surface area contributed by atoms with Crippen LogP contribution in [0.4, 0.5) is 0 Å². The predicted molar refractivity (Wildman–Crippen MR) is 104 cm³/mol. The number of benzene rings is 1. The molecule has 0 aromatic heterocycles. The second-order valence-corrected chi connectivity index (χ2v) is 9.89. The molecule has 0 aliphatic carbocycles. The first kappa shape index (κ1) is 19.2. The van der Waals surface area contributed by atoms with Gasteiger partial charge in [-0.3, -0.25) is 4.90 Å². The molecule has 0 bridgehead atoms. The van der Waals surface area contributed by atoms with Crippen LogP contribution in [0.1, 0.15) is 48.9 Å². The van der Waals surface area contributed by atoms with Crippen molar-refractivity contribution in [2.24, 2.45) is 5.92 Å². The molecule has 3 atom stereocenters. The highest BCUT2D eigenvalue weighted by molar-refractivity contribution is 7.89.